The molecule has 1 heterocycles. The molecule has 4 aromatic rings. The maximum atomic E-state index is 6.01. The summed E-state index contributed by atoms with van der Waals surface area (Å²) in [6, 6.07) is 22.0. The Labute approximate surface area is 147 Å². The quantitative estimate of drug-likeness (QED) is 0.388. The van der Waals surface area contributed by atoms with Crippen LogP contribution in [0.4, 0.5) is 11.4 Å². The van der Waals surface area contributed by atoms with Crippen LogP contribution in [0.25, 0.3) is 33.5 Å². The maximum Gasteiger partial charge on any atom is 0.138 e. The summed E-state index contributed by atoms with van der Waals surface area (Å²) in [4.78, 5) is 11.9. The van der Waals surface area contributed by atoms with E-state index >= 15 is 0 Å². The van der Waals surface area contributed by atoms with Gasteiger partial charge in [0, 0.05) is 5.56 Å². The van der Waals surface area contributed by atoms with Gasteiger partial charge in [-0.25, -0.2) is 4.98 Å². The normalized spacial score (nSPS) is 10.4. The number of anilines is 1. The molecule has 3 aromatic carbocycles. The molecule has 124 valence electrons. The molecule has 0 saturated carbocycles. The van der Waals surface area contributed by atoms with Gasteiger partial charge in [-0.15, -0.1) is 0 Å². The number of H-pyrrole nitrogens is 1. The second-order valence-corrected chi connectivity index (χ2v) is 5.62. The van der Waals surface area contributed by atoms with Crippen LogP contribution in [0.1, 0.15) is 7.43 Å². The third-order valence-corrected chi connectivity index (χ3v) is 4.06. The molecule has 0 radical (unpaired) electrons. The summed E-state index contributed by atoms with van der Waals surface area (Å²) in [5.41, 5.74) is 12.5. The lowest BCUT2D eigenvalue weighted by Gasteiger charge is -2.05. The van der Waals surface area contributed by atoms with Crippen LogP contribution < -0.4 is 5.73 Å². The first-order valence-electron chi connectivity index (χ1n) is 7.66. The third-order valence-electron chi connectivity index (χ3n) is 4.06. The van der Waals surface area contributed by atoms with Gasteiger partial charge in [0.2, 0.25) is 0 Å². The fourth-order valence-electron chi connectivity index (χ4n) is 2.80. The lowest BCUT2D eigenvalue weighted by molar-refractivity contribution is 1.34. The predicted octanol–water partition coefficient (Wildman–Crippen LogP) is 5.45. The van der Waals surface area contributed by atoms with Crippen molar-refractivity contribution in [1.29, 1.82) is 0 Å². The number of nitrogens with one attached hydrogen (secondary N) is 1. The minimum Gasteiger partial charge on any atom is -0.397 e. The number of aromatic amines is 1. The second kappa shape index (κ2) is 6.61. The summed E-state index contributed by atoms with van der Waals surface area (Å²) in [6.07, 6.45) is 0. The van der Waals surface area contributed by atoms with Gasteiger partial charge in [-0.1, -0.05) is 49.9 Å². The SMILES string of the molecule is C.C=Nc1ccc(-c2ccc3nc(-c4ccccc4)[nH]c3c2)cc1N. The first-order valence-corrected chi connectivity index (χ1v) is 7.66. The number of hydrogen-bond donors (Lipinski definition) is 2. The number of rotatable bonds is 3. The molecule has 25 heavy (non-hydrogen) atoms. The van der Waals surface area contributed by atoms with Crippen molar-refractivity contribution in [2.24, 2.45) is 4.99 Å². The zero-order valence-corrected chi connectivity index (χ0v) is 13.0. The Bertz CT molecular complexity index is 1030. The topological polar surface area (TPSA) is 67.1 Å². The molecule has 0 fully saturated rings. The van der Waals surface area contributed by atoms with Crippen LogP contribution in [0, 0.1) is 0 Å². The Morgan fingerprint density at radius 2 is 1.60 bits per heavy atom. The Morgan fingerprint density at radius 1 is 0.880 bits per heavy atom. The van der Waals surface area contributed by atoms with E-state index in [9.17, 15) is 0 Å². The molecule has 4 nitrogen and oxygen atoms in total. The minimum absolute atomic E-state index is 0. The molecular formula is C21H20N4. The number of aliphatic imine (C=N–C) groups is 1. The molecule has 4 heteroatoms. The summed E-state index contributed by atoms with van der Waals surface area (Å²) >= 11 is 0. The Kier molecular flexibility index (Phi) is 4.35. The molecule has 0 atom stereocenters. The fraction of sp³-hybridized carbons (Fsp3) is 0.0476. The monoisotopic (exact) mass is 328 g/mol. The van der Waals surface area contributed by atoms with Crippen LogP contribution in [-0.2, 0) is 0 Å². The molecule has 0 amide bonds. The first-order chi connectivity index (χ1) is 11.7. The van der Waals surface area contributed by atoms with Crippen LogP contribution in [0.5, 0.6) is 0 Å². The molecule has 0 aliphatic carbocycles. The van der Waals surface area contributed by atoms with E-state index in [0.717, 1.165) is 33.5 Å². The maximum absolute atomic E-state index is 6.01. The summed E-state index contributed by atoms with van der Waals surface area (Å²) in [5, 5.41) is 0. The Hall–Kier alpha value is -3.40. The smallest absolute Gasteiger partial charge is 0.138 e. The molecular weight excluding hydrogens is 308 g/mol. The zero-order valence-electron chi connectivity index (χ0n) is 13.0. The van der Waals surface area contributed by atoms with E-state index < -0.39 is 0 Å². The number of fused-ring (bicyclic) bond motifs is 1. The Morgan fingerprint density at radius 3 is 2.32 bits per heavy atom. The molecule has 0 unspecified atom stereocenters. The van der Waals surface area contributed by atoms with Crippen molar-refractivity contribution in [2.45, 2.75) is 7.43 Å². The molecule has 1 aromatic heterocycles. The average molecular weight is 328 g/mol. The zero-order chi connectivity index (χ0) is 16.5. The van der Waals surface area contributed by atoms with E-state index in [-0.39, 0.29) is 7.43 Å². The van der Waals surface area contributed by atoms with E-state index in [0.29, 0.717) is 11.4 Å². The van der Waals surface area contributed by atoms with E-state index in [1.54, 1.807) is 0 Å². The van der Waals surface area contributed by atoms with Gasteiger partial charge < -0.3 is 10.7 Å². The van der Waals surface area contributed by atoms with Crippen LogP contribution in [0.2, 0.25) is 0 Å². The lowest BCUT2D eigenvalue weighted by atomic mass is 10.0. The van der Waals surface area contributed by atoms with E-state index in [1.165, 1.54) is 0 Å². The van der Waals surface area contributed by atoms with Crippen molar-refractivity contribution in [1.82, 2.24) is 9.97 Å². The van der Waals surface area contributed by atoms with Gasteiger partial charge in [0.1, 0.15) is 5.82 Å². The number of aromatic nitrogens is 2. The van der Waals surface area contributed by atoms with Crippen LogP contribution in [0.15, 0.2) is 71.7 Å². The average Bonchev–Trinajstić information content (AvgIpc) is 3.05. The van der Waals surface area contributed by atoms with Gasteiger partial charge in [0.25, 0.3) is 0 Å². The van der Waals surface area contributed by atoms with Gasteiger partial charge in [-0.05, 0) is 42.1 Å². The van der Waals surface area contributed by atoms with E-state index in [4.69, 9.17) is 5.73 Å². The van der Waals surface area contributed by atoms with Crippen molar-refractivity contribution < 1.29 is 0 Å². The van der Waals surface area contributed by atoms with Crippen molar-refractivity contribution >= 4 is 29.1 Å². The summed E-state index contributed by atoms with van der Waals surface area (Å²) in [5.74, 6) is 0.869. The number of nitrogen functional groups attached to an aromatic ring is 1. The molecule has 3 N–H and O–H groups in total. The van der Waals surface area contributed by atoms with Crippen LogP contribution in [0.3, 0.4) is 0 Å². The number of benzene rings is 3. The van der Waals surface area contributed by atoms with Gasteiger partial charge in [0.15, 0.2) is 0 Å². The highest BCUT2D eigenvalue weighted by atomic mass is 14.9. The molecule has 0 aliphatic rings. The Balaban J connectivity index is 0.00000182. The minimum atomic E-state index is 0. The highest BCUT2D eigenvalue weighted by Gasteiger charge is 2.07. The molecule has 0 bridgehead atoms. The number of nitrogens with two attached hydrogens (primary N) is 1. The van der Waals surface area contributed by atoms with Crippen molar-refractivity contribution in [3.63, 3.8) is 0 Å². The van der Waals surface area contributed by atoms with Gasteiger partial charge >= 0.3 is 0 Å². The highest BCUT2D eigenvalue weighted by Crippen LogP contribution is 2.30. The van der Waals surface area contributed by atoms with Gasteiger partial charge in [-0.2, -0.15) is 0 Å². The van der Waals surface area contributed by atoms with Gasteiger partial charge in [0.05, 0.1) is 22.4 Å². The second-order valence-electron chi connectivity index (χ2n) is 5.62. The lowest BCUT2D eigenvalue weighted by Crippen LogP contribution is -1.87. The van der Waals surface area contributed by atoms with E-state index in [1.807, 2.05) is 60.7 Å². The molecule has 0 aliphatic heterocycles. The van der Waals surface area contributed by atoms with Crippen molar-refractivity contribution in [3.8, 4) is 22.5 Å². The van der Waals surface area contributed by atoms with Gasteiger partial charge in [-0.3, -0.25) is 4.99 Å². The van der Waals surface area contributed by atoms with E-state index in [2.05, 4.69) is 27.7 Å². The third kappa shape index (κ3) is 3.02. The largest absolute Gasteiger partial charge is 0.397 e. The predicted molar refractivity (Wildman–Crippen MR) is 107 cm³/mol. The summed E-state index contributed by atoms with van der Waals surface area (Å²) in [6.45, 7) is 3.52. The fourth-order valence-corrected chi connectivity index (χ4v) is 2.80. The molecule has 0 spiro atoms. The summed E-state index contributed by atoms with van der Waals surface area (Å²) in [7, 11) is 0. The van der Waals surface area contributed by atoms with Crippen LogP contribution in [-0.4, -0.2) is 16.7 Å². The summed E-state index contributed by atoms with van der Waals surface area (Å²) < 4.78 is 0. The first kappa shape index (κ1) is 16.5. The van der Waals surface area contributed by atoms with Crippen molar-refractivity contribution in [2.75, 3.05) is 5.73 Å². The highest BCUT2D eigenvalue weighted by molar-refractivity contribution is 5.85. The standard InChI is InChI=1S/C20H16N4.CH4/c1-22-17-9-7-14(11-16(17)21)15-8-10-18-19(12-15)24-20(23-18)13-5-3-2-4-6-13;/h2-12H,1,21H2,(H,23,24);1H4. The molecule has 0 saturated heterocycles. The molecule has 4 rings (SSSR count). The number of hydrogen-bond acceptors (Lipinski definition) is 3. The number of nitrogens with zero attached hydrogens (tertiary/aromatic N) is 2. The van der Waals surface area contributed by atoms with Crippen molar-refractivity contribution in [3.05, 3.63) is 66.7 Å². The number of imidazole rings is 1. The van der Waals surface area contributed by atoms with Crippen LogP contribution >= 0.6 is 0 Å².